The average Bonchev–Trinajstić information content (AvgIpc) is 3.21. The molecule has 2 atom stereocenters. The first-order chi connectivity index (χ1) is 12.2. The normalized spacial score (nSPS) is 18.8. The third kappa shape index (κ3) is 3.31. The van der Waals surface area contributed by atoms with Gasteiger partial charge >= 0.3 is 0 Å². The first kappa shape index (κ1) is 15.6. The number of pyridine rings is 1. The van der Waals surface area contributed by atoms with Crippen molar-refractivity contribution in [1.29, 1.82) is 0 Å². The molecule has 3 heterocycles. The van der Waals surface area contributed by atoms with Crippen molar-refractivity contribution < 1.29 is 14.0 Å². The molecule has 3 aromatic heterocycles. The van der Waals surface area contributed by atoms with E-state index in [1.807, 2.05) is 19.1 Å². The Morgan fingerprint density at radius 2 is 2.12 bits per heavy atom. The molecule has 0 bridgehead atoms. The maximum Gasteiger partial charge on any atom is 0.228 e. The highest BCUT2D eigenvalue weighted by atomic mass is 16.5. The van der Waals surface area contributed by atoms with E-state index in [0.29, 0.717) is 41.5 Å². The molecule has 4 rings (SSSR count). The highest BCUT2D eigenvalue weighted by molar-refractivity contribution is 5.61. The van der Waals surface area contributed by atoms with Crippen LogP contribution >= 0.6 is 0 Å². The Bertz CT molecular complexity index is 849. The lowest BCUT2D eigenvalue weighted by Crippen LogP contribution is -2.05. The van der Waals surface area contributed by atoms with E-state index < -0.39 is 0 Å². The van der Waals surface area contributed by atoms with Crippen molar-refractivity contribution >= 4 is 0 Å². The van der Waals surface area contributed by atoms with Gasteiger partial charge in [0, 0.05) is 29.8 Å². The number of aromatic nitrogens is 4. The summed E-state index contributed by atoms with van der Waals surface area (Å²) in [5.74, 6) is 3.39. The summed E-state index contributed by atoms with van der Waals surface area (Å²) in [6, 6.07) is 5.72. The Labute approximate surface area is 145 Å². The fourth-order valence-electron chi connectivity index (χ4n) is 2.79. The molecule has 0 aromatic carbocycles. The van der Waals surface area contributed by atoms with Gasteiger partial charge in [-0.15, -0.1) is 0 Å². The van der Waals surface area contributed by atoms with Crippen molar-refractivity contribution in [2.45, 2.75) is 19.3 Å². The maximum atomic E-state index is 5.97. The molecule has 1 aliphatic rings. The lowest BCUT2D eigenvalue weighted by Gasteiger charge is -2.09. The molecule has 7 nitrogen and oxygen atoms in total. The highest BCUT2D eigenvalue weighted by Crippen LogP contribution is 2.47. The van der Waals surface area contributed by atoms with E-state index in [9.17, 15) is 0 Å². The van der Waals surface area contributed by atoms with E-state index in [-0.39, 0.29) is 0 Å². The number of methoxy groups -OCH3 is 1. The van der Waals surface area contributed by atoms with Crippen molar-refractivity contribution in [3.63, 3.8) is 0 Å². The molecular formula is C18H18N4O3. The summed E-state index contributed by atoms with van der Waals surface area (Å²) in [5.41, 5.74) is 1.78. The van der Waals surface area contributed by atoms with Crippen LogP contribution in [-0.2, 0) is 0 Å². The molecule has 0 aliphatic heterocycles. The Kier molecular flexibility index (Phi) is 4.05. The predicted octanol–water partition coefficient (Wildman–Crippen LogP) is 3.03. The van der Waals surface area contributed by atoms with Crippen molar-refractivity contribution in [2.24, 2.45) is 5.92 Å². The van der Waals surface area contributed by atoms with Gasteiger partial charge < -0.3 is 14.0 Å². The van der Waals surface area contributed by atoms with Gasteiger partial charge in [0.1, 0.15) is 17.1 Å². The number of hydrogen-bond acceptors (Lipinski definition) is 7. The van der Waals surface area contributed by atoms with Crippen LogP contribution in [0.3, 0.4) is 0 Å². The number of nitrogens with zero attached hydrogens (tertiary/aromatic N) is 4. The van der Waals surface area contributed by atoms with E-state index in [4.69, 9.17) is 14.0 Å². The molecule has 0 unspecified atom stereocenters. The molecule has 1 saturated carbocycles. The van der Waals surface area contributed by atoms with E-state index in [0.717, 1.165) is 17.9 Å². The van der Waals surface area contributed by atoms with Gasteiger partial charge in [0.25, 0.3) is 0 Å². The second kappa shape index (κ2) is 6.51. The molecular weight excluding hydrogens is 320 g/mol. The SMILES string of the molecule is COc1ccc([C@H]2C[C@@H]2COc2nc(C)ncc2-c2ccno2)nc1. The van der Waals surface area contributed by atoms with Gasteiger partial charge in [-0.2, -0.15) is 4.98 Å². The topological polar surface area (TPSA) is 83.2 Å². The molecule has 128 valence electrons. The molecule has 1 aliphatic carbocycles. The van der Waals surface area contributed by atoms with Gasteiger partial charge in [-0.1, -0.05) is 5.16 Å². The number of ether oxygens (including phenoxy) is 2. The minimum atomic E-state index is 0.419. The summed E-state index contributed by atoms with van der Waals surface area (Å²) in [4.78, 5) is 13.1. The van der Waals surface area contributed by atoms with Crippen LogP contribution in [0.2, 0.25) is 0 Å². The van der Waals surface area contributed by atoms with Crippen LogP contribution in [-0.4, -0.2) is 33.8 Å². The number of hydrogen-bond donors (Lipinski definition) is 0. The number of rotatable bonds is 6. The Morgan fingerprint density at radius 3 is 2.84 bits per heavy atom. The molecule has 1 fully saturated rings. The zero-order valence-corrected chi connectivity index (χ0v) is 14.0. The van der Waals surface area contributed by atoms with Gasteiger partial charge in [-0.3, -0.25) is 4.98 Å². The standard InChI is InChI=1S/C18H18N4O3/c1-11-19-9-15(17-5-6-21-25-17)18(22-11)24-10-12-7-14(12)16-4-3-13(23-2)8-20-16/h3-6,8-9,12,14H,7,10H2,1-2H3/t12-,14+/m1/s1. The summed E-state index contributed by atoms with van der Waals surface area (Å²) in [6.07, 6.45) is 6.10. The molecule has 0 amide bonds. The van der Waals surface area contributed by atoms with Crippen LogP contribution in [0, 0.1) is 12.8 Å². The Hall–Kier alpha value is -2.96. The van der Waals surface area contributed by atoms with E-state index in [1.165, 1.54) is 0 Å². The predicted molar refractivity (Wildman–Crippen MR) is 89.4 cm³/mol. The van der Waals surface area contributed by atoms with Crippen LogP contribution in [0.25, 0.3) is 11.3 Å². The summed E-state index contributed by atoms with van der Waals surface area (Å²) in [7, 11) is 1.64. The van der Waals surface area contributed by atoms with Crippen LogP contribution in [0.4, 0.5) is 0 Å². The smallest absolute Gasteiger partial charge is 0.228 e. The highest BCUT2D eigenvalue weighted by Gasteiger charge is 2.40. The van der Waals surface area contributed by atoms with Crippen molar-refractivity contribution in [2.75, 3.05) is 13.7 Å². The third-order valence-corrected chi connectivity index (χ3v) is 4.31. The first-order valence-electron chi connectivity index (χ1n) is 8.12. The molecule has 0 saturated heterocycles. The Morgan fingerprint density at radius 1 is 1.20 bits per heavy atom. The summed E-state index contributed by atoms with van der Waals surface area (Å²) in [5, 5.41) is 3.73. The molecule has 0 spiro atoms. The fraction of sp³-hybridized carbons (Fsp3) is 0.333. The van der Waals surface area contributed by atoms with Crippen molar-refractivity contribution in [3.05, 3.63) is 48.3 Å². The van der Waals surface area contributed by atoms with Crippen LogP contribution in [0.5, 0.6) is 11.6 Å². The molecule has 7 heteroatoms. The van der Waals surface area contributed by atoms with Gasteiger partial charge in [0.2, 0.25) is 5.88 Å². The average molecular weight is 338 g/mol. The van der Waals surface area contributed by atoms with Gasteiger partial charge in [-0.25, -0.2) is 4.98 Å². The van der Waals surface area contributed by atoms with Crippen LogP contribution in [0.15, 0.2) is 41.3 Å². The number of aryl methyl sites for hydroxylation is 1. The zero-order chi connectivity index (χ0) is 17.2. The minimum absolute atomic E-state index is 0.419. The molecule has 25 heavy (non-hydrogen) atoms. The largest absolute Gasteiger partial charge is 0.495 e. The van der Waals surface area contributed by atoms with Gasteiger partial charge in [0.05, 0.1) is 26.1 Å². The first-order valence-corrected chi connectivity index (χ1v) is 8.12. The second-order valence-corrected chi connectivity index (χ2v) is 6.05. The minimum Gasteiger partial charge on any atom is -0.495 e. The van der Waals surface area contributed by atoms with Gasteiger partial charge in [-0.05, 0) is 25.5 Å². The summed E-state index contributed by atoms with van der Waals surface area (Å²) >= 11 is 0. The molecule has 0 N–H and O–H groups in total. The van der Waals surface area contributed by atoms with E-state index in [1.54, 1.807) is 31.8 Å². The third-order valence-electron chi connectivity index (χ3n) is 4.31. The zero-order valence-electron chi connectivity index (χ0n) is 14.0. The maximum absolute atomic E-state index is 5.97. The van der Waals surface area contributed by atoms with E-state index in [2.05, 4.69) is 20.1 Å². The van der Waals surface area contributed by atoms with Crippen LogP contribution < -0.4 is 9.47 Å². The van der Waals surface area contributed by atoms with Crippen LogP contribution in [0.1, 0.15) is 23.9 Å². The lowest BCUT2D eigenvalue weighted by molar-refractivity contribution is 0.284. The van der Waals surface area contributed by atoms with E-state index >= 15 is 0 Å². The van der Waals surface area contributed by atoms with Crippen molar-refractivity contribution in [3.8, 4) is 23.0 Å². The van der Waals surface area contributed by atoms with Crippen molar-refractivity contribution in [1.82, 2.24) is 20.1 Å². The summed E-state index contributed by atoms with van der Waals surface area (Å²) in [6.45, 7) is 2.41. The second-order valence-electron chi connectivity index (χ2n) is 6.05. The van der Waals surface area contributed by atoms with Gasteiger partial charge in [0.15, 0.2) is 5.76 Å². The molecule has 0 radical (unpaired) electrons. The molecule has 3 aromatic rings. The Balaban J connectivity index is 1.43. The fourth-order valence-corrected chi connectivity index (χ4v) is 2.79. The summed E-state index contributed by atoms with van der Waals surface area (Å²) < 4.78 is 16.3. The quantitative estimate of drug-likeness (QED) is 0.683. The lowest BCUT2D eigenvalue weighted by atomic mass is 10.2. The monoisotopic (exact) mass is 338 g/mol.